The van der Waals surface area contributed by atoms with Crippen molar-refractivity contribution in [3.05, 3.63) is 0 Å². The van der Waals surface area contributed by atoms with Gasteiger partial charge in [-0.05, 0) is 38.2 Å². The molecular formula is C47H83N7O15S3. The lowest BCUT2D eigenvalue weighted by Gasteiger charge is -2.23. The number of nitrogens with zero attached hydrogens (tertiary/aromatic N) is 1. The second kappa shape index (κ2) is 44.6. The number of aliphatic carboxylic acids is 2. The molecule has 0 aromatic heterocycles. The molecule has 8 N–H and O–H groups in total. The monoisotopic (exact) mass is 1080 g/mol. The van der Waals surface area contributed by atoms with Gasteiger partial charge in [0.25, 0.3) is 0 Å². The number of hydrogen-bond acceptors (Lipinski definition) is 16. The molecule has 0 aromatic rings. The second-order valence-electron chi connectivity index (χ2n) is 17.0. The number of rotatable bonds is 39. The molecule has 1 rings (SSSR count). The Balaban J connectivity index is 2.37. The summed E-state index contributed by atoms with van der Waals surface area (Å²) < 4.78 is 21.7. The lowest BCUT2D eigenvalue weighted by Crippen LogP contribution is -2.52. The molecule has 2 atom stereocenters. The van der Waals surface area contributed by atoms with E-state index in [0.717, 1.165) is 12.8 Å². The fourth-order valence-electron chi connectivity index (χ4n) is 7.15. The van der Waals surface area contributed by atoms with E-state index >= 15 is 0 Å². The van der Waals surface area contributed by atoms with Gasteiger partial charge in [-0.1, -0.05) is 64.2 Å². The molecule has 1 aliphatic rings. The SMILES string of the molecule is CSCC(=O)NCCN(CCNC(=O)CSC)C(=O)COCCOCCNC(=O)CC[C@H](NC(=O)C(CCC(=O)O)NC(=O)COCCOCCNC(=O)CSC1CCCCCCCCCCCC1)C(=O)O. The number of carbonyl (C=O) groups is 9. The summed E-state index contributed by atoms with van der Waals surface area (Å²) in [5, 5.41) is 35.0. The van der Waals surface area contributed by atoms with E-state index in [2.05, 4.69) is 31.9 Å². The average molecular weight is 1080 g/mol. The second-order valence-corrected chi connectivity index (χ2v) is 20.0. The van der Waals surface area contributed by atoms with E-state index in [9.17, 15) is 53.4 Å². The molecule has 0 bridgehead atoms. The Morgan fingerprint density at radius 2 is 0.972 bits per heavy atom. The van der Waals surface area contributed by atoms with Crippen LogP contribution < -0.4 is 31.9 Å². The number of nitrogens with one attached hydrogen (secondary N) is 6. The molecule has 22 nitrogen and oxygen atoms in total. The maximum Gasteiger partial charge on any atom is 0.326 e. The topological polar surface area (TPSA) is 306 Å². The first-order valence-corrected chi connectivity index (χ1v) is 28.9. The number of thioether (sulfide) groups is 3. The lowest BCUT2D eigenvalue weighted by atomic mass is 10.1. The molecule has 0 saturated heterocycles. The molecule has 0 heterocycles. The first kappa shape index (κ1) is 66.1. The van der Waals surface area contributed by atoms with Gasteiger partial charge in [-0.25, -0.2) is 4.79 Å². The number of amides is 7. The molecule has 1 unspecified atom stereocenters. The van der Waals surface area contributed by atoms with Crippen LogP contribution in [0.2, 0.25) is 0 Å². The highest BCUT2D eigenvalue weighted by atomic mass is 32.2. The van der Waals surface area contributed by atoms with E-state index in [4.69, 9.17) is 18.9 Å². The zero-order valence-corrected chi connectivity index (χ0v) is 44.9. The minimum atomic E-state index is -1.53. The zero-order valence-electron chi connectivity index (χ0n) is 42.4. The third kappa shape index (κ3) is 37.8. The van der Waals surface area contributed by atoms with Gasteiger partial charge >= 0.3 is 11.9 Å². The maximum atomic E-state index is 13.1. The number of carboxylic acid groups (broad SMARTS) is 2. The van der Waals surface area contributed by atoms with Crippen molar-refractivity contribution < 1.29 is 72.3 Å². The van der Waals surface area contributed by atoms with Crippen LogP contribution in [-0.4, -0.2) is 208 Å². The lowest BCUT2D eigenvalue weighted by molar-refractivity contribution is -0.143. The third-order valence-corrected chi connectivity index (χ3v) is 13.5. The summed E-state index contributed by atoms with van der Waals surface area (Å²) in [6, 6.07) is -2.94. The minimum absolute atomic E-state index is 0.0166. The van der Waals surface area contributed by atoms with Gasteiger partial charge in [-0.15, -0.1) is 11.8 Å². The van der Waals surface area contributed by atoms with E-state index in [0.29, 0.717) is 29.1 Å². The smallest absolute Gasteiger partial charge is 0.326 e. The highest BCUT2D eigenvalue weighted by Crippen LogP contribution is 2.25. The summed E-state index contributed by atoms with van der Waals surface area (Å²) in [6.45, 7) is 1.14. The van der Waals surface area contributed by atoms with Gasteiger partial charge < -0.3 is 66.0 Å². The van der Waals surface area contributed by atoms with Crippen molar-refractivity contribution in [2.75, 3.05) is 122 Å². The molecule has 72 heavy (non-hydrogen) atoms. The zero-order chi connectivity index (χ0) is 53.0. The van der Waals surface area contributed by atoms with Crippen molar-refractivity contribution in [3.8, 4) is 0 Å². The molecule has 7 amide bonds. The van der Waals surface area contributed by atoms with Crippen LogP contribution in [0.1, 0.15) is 103 Å². The normalized spacial score (nSPS) is 14.5. The number of hydrogen-bond donors (Lipinski definition) is 8. The van der Waals surface area contributed by atoms with Gasteiger partial charge in [0.05, 0.1) is 56.9 Å². The predicted molar refractivity (Wildman–Crippen MR) is 278 cm³/mol. The molecule has 0 aromatic carbocycles. The summed E-state index contributed by atoms with van der Waals surface area (Å²) in [7, 11) is 0. The fraction of sp³-hybridized carbons (Fsp3) is 0.809. The maximum absolute atomic E-state index is 13.1. The summed E-state index contributed by atoms with van der Waals surface area (Å²) in [5.41, 5.74) is 0. The summed E-state index contributed by atoms with van der Waals surface area (Å²) in [4.78, 5) is 112. The van der Waals surface area contributed by atoms with Crippen molar-refractivity contribution >= 4 is 88.6 Å². The van der Waals surface area contributed by atoms with E-state index in [1.165, 1.54) is 92.6 Å². The Bertz CT molecular complexity index is 1550. The first-order chi connectivity index (χ1) is 34.7. The molecule has 414 valence electrons. The molecule has 1 saturated carbocycles. The molecule has 1 fully saturated rings. The predicted octanol–water partition coefficient (Wildman–Crippen LogP) is 1.57. The van der Waals surface area contributed by atoms with Crippen LogP contribution in [0.3, 0.4) is 0 Å². The molecule has 25 heteroatoms. The van der Waals surface area contributed by atoms with E-state index < -0.39 is 54.8 Å². The van der Waals surface area contributed by atoms with Crippen molar-refractivity contribution in [2.24, 2.45) is 0 Å². The van der Waals surface area contributed by atoms with E-state index in [-0.39, 0.29) is 122 Å². The summed E-state index contributed by atoms with van der Waals surface area (Å²) >= 11 is 4.49. The Labute approximate surface area is 437 Å². The van der Waals surface area contributed by atoms with Crippen LogP contribution in [0.5, 0.6) is 0 Å². The van der Waals surface area contributed by atoms with Crippen LogP contribution in [0, 0.1) is 0 Å². The highest BCUT2D eigenvalue weighted by molar-refractivity contribution is 8.00. The number of ether oxygens (including phenoxy) is 4. The Kier molecular flexibility index (Phi) is 41.0. The summed E-state index contributed by atoms with van der Waals surface area (Å²) in [6.07, 6.45) is 17.3. The minimum Gasteiger partial charge on any atom is -0.481 e. The van der Waals surface area contributed by atoms with Crippen molar-refractivity contribution in [1.29, 1.82) is 0 Å². The van der Waals surface area contributed by atoms with Gasteiger partial charge in [-0.3, -0.25) is 38.4 Å². The Morgan fingerprint density at radius 3 is 1.49 bits per heavy atom. The molecule has 0 aliphatic heterocycles. The van der Waals surface area contributed by atoms with Crippen LogP contribution in [0.15, 0.2) is 0 Å². The Morgan fingerprint density at radius 1 is 0.514 bits per heavy atom. The van der Waals surface area contributed by atoms with Crippen LogP contribution in [0.25, 0.3) is 0 Å². The van der Waals surface area contributed by atoms with Crippen molar-refractivity contribution in [1.82, 2.24) is 36.8 Å². The van der Waals surface area contributed by atoms with Crippen LogP contribution in [0.4, 0.5) is 0 Å². The van der Waals surface area contributed by atoms with E-state index in [1.54, 1.807) is 24.3 Å². The number of carbonyl (C=O) groups excluding carboxylic acids is 7. The van der Waals surface area contributed by atoms with Crippen molar-refractivity contribution in [3.63, 3.8) is 0 Å². The standard InChI is InChI=1S/C47H83N7O15S3/c1-70-33-41(57)48-19-23-54(24-20-49-42(58)34-71-2)44(60)32-69-30-28-66-25-21-50-39(55)17-15-38(47(64)65)53-46(63)37(16-18-45(61)62)52-40(56)31-68-29-27-67-26-22-51-43(59)35-72-36-13-11-9-7-5-3-4-6-8-10-12-14-36/h36-38H,3-35H2,1-2H3,(H,48,57)(H,49,58)(H,50,55)(H,51,59)(H,52,56)(H,53,63)(H,61,62)(H,64,65)/t37?,38-/m0/s1. The molecule has 0 radical (unpaired) electrons. The van der Waals surface area contributed by atoms with Gasteiger partial charge in [0.1, 0.15) is 25.3 Å². The fourth-order valence-corrected chi connectivity index (χ4v) is 9.03. The highest BCUT2D eigenvalue weighted by Gasteiger charge is 2.28. The van der Waals surface area contributed by atoms with Gasteiger partial charge in [0, 0.05) is 57.4 Å². The van der Waals surface area contributed by atoms with Crippen LogP contribution in [-0.2, 0) is 62.1 Å². The van der Waals surface area contributed by atoms with E-state index in [1.807, 2.05) is 0 Å². The van der Waals surface area contributed by atoms with Crippen molar-refractivity contribution in [2.45, 2.75) is 120 Å². The Hall–Kier alpha value is -3.88. The number of carboxylic acids is 2. The molecule has 0 spiro atoms. The van der Waals surface area contributed by atoms with Gasteiger partial charge in [0.2, 0.25) is 41.4 Å². The quantitative estimate of drug-likeness (QED) is 0.0405. The van der Waals surface area contributed by atoms with Gasteiger partial charge in [-0.2, -0.15) is 23.5 Å². The third-order valence-electron chi connectivity index (χ3n) is 11.0. The average Bonchev–Trinajstić information content (AvgIpc) is 3.36. The summed E-state index contributed by atoms with van der Waals surface area (Å²) in [5.74, 6) is -4.62. The molecule has 1 aliphatic carbocycles. The first-order valence-electron chi connectivity index (χ1n) is 25.0. The molecular weight excluding hydrogens is 999 g/mol. The largest absolute Gasteiger partial charge is 0.481 e. The van der Waals surface area contributed by atoms with Crippen LogP contribution >= 0.6 is 35.3 Å². The van der Waals surface area contributed by atoms with Gasteiger partial charge in [0.15, 0.2) is 0 Å².